The normalized spacial score (nSPS) is 30.9. The van der Waals surface area contributed by atoms with E-state index in [0.717, 1.165) is 43.3 Å². The van der Waals surface area contributed by atoms with Gasteiger partial charge in [-0.3, -0.25) is 9.59 Å². The number of rotatable bonds is 5. The van der Waals surface area contributed by atoms with Crippen molar-refractivity contribution >= 4 is 11.9 Å². The zero-order valence-corrected chi connectivity index (χ0v) is 21.9. The van der Waals surface area contributed by atoms with Gasteiger partial charge in [0, 0.05) is 33.1 Å². The summed E-state index contributed by atoms with van der Waals surface area (Å²) in [5.41, 5.74) is 3.88. The summed E-state index contributed by atoms with van der Waals surface area (Å²) in [5, 5.41) is 9.83. The number of allylic oxidation sites excluding steroid dienone is 5. The Hall–Kier alpha value is -2.58. The van der Waals surface area contributed by atoms with Gasteiger partial charge in [0.05, 0.1) is 0 Å². The fourth-order valence-corrected chi connectivity index (χ4v) is 5.84. The number of carbonyl (C=O) groups is 2. The second-order valence-corrected chi connectivity index (χ2v) is 10.9. The van der Waals surface area contributed by atoms with E-state index in [1.807, 2.05) is 0 Å². The van der Waals surface area contributed by atoms with Crippen molar-refractivity contribution in [2.24, 2.45) is 11.3 Å². The van der Waals surface area contributed by atoms with Gasteiger partial charge in [0.2, 0.25) is 0 Å². The van der Waals surface area contributed by atoms with E-state index in [2.05, 4.69) is 43.6 Å². The molecule has 2 saturated carbocycles. The van der Waals surface area contributed by atoms with Crippen molar-refractivity contribution in [2.45, 2.75) is 104 Å². The monoisotopic (exact) mass is 480 g/mol. The van der Waals surface area contributed by atoms with E-state index in [1.165, 1.54) is 31.4 Å². The lowest BCUT2D eigenvalue weighted by atomic mass is 9.63. The standard InChI is InChI=1S/C30H40O5/c1-20-24(18-26(34-21(2)31)19-28(20)35-22(3)32)13-12-23-10-9-17-30(6)25(14-15-27(23)30)11-7-8-16-29(4,5)33/h12-14,26-28,33H,1,7,9-11,15,17-19H2,2-6H3/b23-12+,24-13-/t26-,27?,28+,30-/m1/s1. The van der Waals surface area contributed by atoms with Crippen LogP contribution in [0.15, 0.2) is 47.1 Å². The molecule has 5 nitrogen and oxygen atoms in total. The Labute approximate surface area is 210 Å². The predicted molar refractivity (Wildman–Crippen MR) is 137 cm³/mol. The van der Waals surface area contributed by atoms with Crippen molar-refractivity contribution in [3.05, 3.63) is 47.1 Å². The number of ether oxygens (including phenoxy) is 2. The number of carbonyl (C=O) groups excluding carboxylic acids is 2. The first-order chi connectivity index (χ1) is 16.4. The summed E-state index contributed by atoms with van der Waals surface area (Å²) in [6, 6.07) is 0. The van der Waals surface area contributed by atoms with Crippen LogP contribution in [0.4, 0.5) is 0 Å². The summed E-state index contributed by atoms with van der Waals surface area (Å²) >= 11 is 0. The Balaban J connectivity index is 1.76. The SMILES string of the molecule is C=C1/C(=C\C=C2/CCC[C@]3(C)C(CCC#CC(C)(C)O)=CCC23)C[C@@H](OC(C)=O)C[C@@H]1OC(C)=O. The van der Waals surface area contributed by atoms with Crippen molar-refractivity contribution in [1.29, 1.82) is 0 Å². The average molecular weight is 481 g/mol. The van der Waals surface area contributed by atoms with Gasteiger partial charge in [-0.2, -0.15) is 0 Å². The van der Waals surface area contributed by atoms with E-state index >= 15 is 0 Å². The minimum absolute atomic E-state index is 0.142. The molecule has 1 unspecified atom stereocenters. The molecule has 4 atom stereocenters. The maximum absolute atomic E-state index is 11.6. The summed E-state index contributed by atoms with van der Waals surface area (Å²) in [6.45, 7) is 12.8. The lowest BCUT2D eigenvalue weighted by Gasteiger charge is -2.41. The maximum atomic E-state index is 11.6. The third-order valence-corrected chi connectivity index (χ3v) is 7.49. The quantitative estimate of drug-likeness (QED) is 0.308. The van der Waals surface area contributed by atoms with Gasteiger partial charge in [-0.25, -0.2) is 0 Å². The average Bonchev–Trinajstić information content (AvgIpc) is 3.07. The first-order valence-electron chi connectivity index (χ1n) is 12.7. The first-order valence-corrected chi connectivity index (χ1v) is 12.7. The molecular formula is C30H40O5. The molecule has 2 fully saturated rings. The molecule has 1 N–H and O–H groups in total. The molecule has 0 aromatic rings. The van der Waals surface area contributed by atoms with E-state index in [0.29, 0.717) is 18.8 Å². The van der Waals surface area contributed by atoms with Crippen molar-refractivity contribution in [3.63, 3.8) is 0 Å². The number of aliphatic hydroxyl groups is 1. The Morgan fingerprint density at radius 2 is 1.97 bits per heavy atom. The highest BCUT2D eigenvalue weighted by atomic mass is 16.6. The van der Waals surface area contributed by atoms with Gasteiger partial charge in [0.15, 0.2) is 0 Å². The van der Waals surface area contributed by atoms with Crippen LogP contribution in [-0.4, -0.2) is 34.9 Å². The highest BCUT2D eigenvalue weighted by Crippen LogP contribution is 2.55. The molecule has 5 heteroatoms. The first kappa shape index (κ1) is 27.0. The molecule has 0 spiro atoms. The highest BCUT2D eigenvalue weighted by Gasteiger charge is 2.44. The third-order valence-electron chi connectivity index (χ3n) is 7.49. The number of hydrogen-bond donors (Lipinski definition) is 1. The van der Waals surface area contributed by atoms with Crippen LogP contribution in [0.3, 0.4) is 0 Å². The molecule has 0 amide bonds. The van der Waals surface area contributed by atoms with Gasteiger partial charge in [-0.15, -0.1) is 0 Å². The summed E-state index contributed by atoms with van der Waals surface area (Å²) in [6.07, 6.45) is 13.1. The summed E-state index contributed by atoms with van der Waals surface area (Å²) in [4.78, 5) is 23.2. The van der Waals surface area contributed by atoms with Crippen molar-refractivity contribution < 1.29 is 24.2 Å². The van der Waals surface area contributed by atoms with E-state index in [9.17, 15) is 14.7 Å². The molecule has 0 aromatic heterocycles. The van der Waals surface area contributed by atoms with Crippen LogP contribution in [0.5, 0.6) is 0 Å². The zero-order valence-electron chi connectivity index (χ0n) is 21.9. The van der Waals surface area contributed by atoms with Crippen LogP contribution in [0.25, 0.3) is 0 Å². The molecule has 3 aliphatic rings. The fourth-order valence-electron chi connectivity index (χ4n) is 5.84. The van der Waals surface area contributed by atoms with E-state index < -0.39 is 11.7 Å². The fraction of sp³-hybridized carbons (Fsp3) is 0.600. The van der Waals surface area contributed by atoms with Gasteiger partial charge in [0.25, 0.3) is 0 Å². The van der Waals surface area contributed by atoms with E-state index in [4.69, 9.17) is 9.47 Å². The van der Waals surface area contributed by atoms with Crippen molar-refractivity contribution in [1.82, 2.24) is 0 Å². The van der Waals surface area contributed by atoms with Gasteiger partial charge in [-0.1, -0.05) is 54.7 Å². The number of fused-ring (bicyclic) bond motifs is 1. The zero-order chi connectivity index (χ0) is 25.8. The summed E-state index contributed by atoms with van der Waals surface area (Å²) < 4.78 is 11.0. The van der Waals surface area contributed by atoms with Crippen LogP contribution in [0, 0.1) is 23.2 Å². The highest BCUT2D eigenvalue weighted by molar-refractivity contribution is 5.67. The van der Waals surface area contributed by atoms with Crippen LogP contribution in [0.1, 0.15) is 86.0 Å². The van der Waals surface area contributed by atoms with E-state index in [1.54, 1.807) is 13.8 Å². The van der Waals surface area contributed by atoms with Crippen LogP contribution in [-0.2, 0) is 19.1 Å². The van der Waals surface area contributed by atoms with Crippen molar-refractivity contribution in [3.8, 4) is 11.8 Å². The molecule has 0 bridgehead atoms. The molecule has 35 heavy (non-hydrogen) atoms. The van der Waals surface area contributed by atoms with Crippen LogP contribution >= 0.6 is 0 Å². The van der Waals surface area contributed by atoms with E-state index in [-0.39, 0.29) is 23.5 Å². The number of esters is 2. The third kappa shape index (κ3) is 6.98. The lowest BCUT2D eigenvalue weighted by Crippen LogP contribution is -2.33. The second-order valence-electron chi connectivity index (χ2n) is 10.9. The molecule has 3 rings (SSSR count). The van der Waals surface area contributed by atoms with Gasteiger partial charge < -0.3 is 14.6 Å². The summed E-state index contributed by atoms with van der Waals surface area (Å²) in [7, 11) is 0. The molecule has 0 aromatic carbocycles. The summed E-state index contributed by atoms with van der Waals surface area (Å²) in [5.74, 6) is 5.83. The largest absolute Gasteiger partial charge is 0.462 e. The van der Waals surface area contributed by atoms with Crippen LogP contribution in [0.2, 0.25) is 0 Å². The molecular weight excluding hydrogens is 440 g/mol. The molecule has 0 radical (unpaired) electrons. The second kappa shape index (κ2) is 11.0. The Kier molecular flexibility index (Phi) is 8.49. The molecule has 3 aliphatic carbocycles. The lowest BCUT2D eigenvalue weighted by molar-refractivity contribution is -0.152. The molecule has 190 valence electrons. The Morgan fingerprint density at radius 1 is 1.26 bits per heavy atom. The minimum atomic E-state index is -0.948. The predicted octanol–water partition coefficient (Wildman–Crippen LogP) is 5.74. The Bertz CT molecular complexity index is 1010. The van der Waals surface area contributed by atoms with Crippen molar-refractivity contribution in [2.75, 3.05) is 0 Å². The van der Waals surface area contributed by atoms with Crippen LogP contribution < -0.4 is 0 Å². The van der Waals surface area contributed by atoms with Gasteiger partial charge in [0.1, 0.15) is 17.8 Å². The molecule has 0 saturated heterocycles. The molecule has 0 aliphatic heterocycles. The maximum Gasteiger partial charge on any atom is 0.303 e. The topological polar surface area (TPSA) is 72.8 Å². The van der Waals surface area contributed by atoms with Gasteiger partial charge in [-0.05, 0) is 68.4 Å². The number of hydrogen-bond acceptors (Lipinski definition) is 5. The molecule has 0 heterocycles. The minimum Gasteiger partial charge on any atom is -0.462 e. The Morgan fingerprint density at radius 3 is 2.63 bits per heavy atom. The van der Waals surface area contributed by atoms with Gasteiger partial charge >= 0.3 is 11.9 Å². The smallest absolute Gasteiger partial charge is 0.303 e.